The molecule has 2 atom stereocenters. The lowest BCUT2D eigenvalue weighted by molar-refractivity contribution is -0.0111. The van der Waals surface area contributed by atoms with Gasteiger partial charge in [0.25, 0.3) is 0 Å². The number of fused-ring (bicyclic) bond motifs is 1. The molecular weight excluding hydrogens is 330 g/mol. The lowest BCUT2D eigenvalue weighted by atomic mass is 9.87. The van der Waals surface area contributed by atoms with E-state index in [0.29, 0.717) is 6.04 Å². The summed E-state index contributed by atoms with van der Waals surface area (Å²) in [5.74, 6) is 1.10. The molecule has 0 saturated carbocycles. The molecule has 4 heteroatoms. The molecule has 0 spiro atoms. The molecule has 0 aliphatic carbocycles. The summed E-state index contributed by atoms with van der Waals surface area (Å²) < 4.78 is 13.1. The van der Waals surface area contributed by atoms with E-state index in [0.717, 1.165) is 55.7 Å². The molecule has 0 bridgehead atoms. The van der Waals surface area contributed by atoms with E-state index < -0.39 is 0 Å². The topological polar surface area (TPSA) is 30.5 Å². The van der Waals surface area contributed by atoms with Crippen LogP contribution in [0.2, 0.25) is 0 Å². The Kier molecular flexibility index (Phi) is 4.57. The van der Waals surface area contributed by atoms with Crippen LogP contribution in [0.4, 0.5) is 0 Å². The van der Waals surface area contributed by atoms with Crippen molar-refractivity contribution in [2.45, 2.75) is 51.2 Å². The highest BCUT2D eigenvalue weighted by molar-refractivity contribution is 9.10. The predicted octanol–water partition coefficient (Wildman–Crippen LogP) is 3.47. The third-order valence-corrected chi connectivity index (χ3v) is 5.14. The number of likely N-dealkylation sites (N-methyl/N-ethyl adjacent to an activating group) is 1. The second-order valence-electron chi connectivity index (χ2n) is 6.23. The zero-order valence-corrected chi connectivity index (χ0v) is 14.5. The molecule has 0 amide bonds. The summed E-state index contributed by atoms with van der Waals surface area (Å²) in [6.45, 7) is 7.05. The van der Waals surface area contributed by atoms with Gasteiger partial charge in [-0.15, -0.1) is 0 Å². The maximum absolute atomic E-state index is 6.06. The smallest absolute Gasteiger partial charge is 0.125 e. The Labute approximate surface area is 135 Å². The number of ether oxygens (including phenoxy) is 2. The number of hydrogen-bond acceptors (Lipinski definition) is 3. The zero-order chi connectivity index (χ0) is 14.9. The summed E-state index contributed by atoms with van der Waals surface area (Å²) in [7, 11) is 0. The Balaban J connectivity index is 1.86. The molecule has 116 valence electrons. The van der Waals surface area contributed by atoms with E-state index in [1.165, 1.54) is 11.1 Å². The van der Waals surface area contributed by atoms with Crippen molar-refractivity contribution in [1.82, 2.24) is 5.32 Å². The van der Waals surface area contributed by atoms with Crippen LogP contribution in [0.15, 0.2) is 16.6 Å². The van der Waals surface area contributed by atoms with Crippen molar-refractivity contribution in [3.63, 3.8) is 0 Å². The average Bonchev–Trinajstić information content (AvgIpc) is 3.07. The molecular formula is C17H24BrNO2. The van der Waals surface area contributed by atoms with Crippen LogP contribution >= 0.6 is 15.9 Å². The maximum Gasteiger partial charge on any atom is 0.125 e. The Morgan fingerprint density at radius 2 is 2.24 bits per heavy atom. The van der Waals surface area contributed by atoms with Gasteiger partial charge in [-0.25, -0.2) is 0 Å². The molecule has 1 saturated heterocycles. The Morgan fingerprint density at radius 1 is 1.38 bits per heavy atom. The van der Waals surface area contributed by atoms with Crippen LogP contribution in [0.3, 0.4) is 0 Å². The summed E-state index contributed by atoms with van der Waals surface area (Å²) in [6.07, 6.45) is 4.25. The van der Waals surface area contributed by atoms with E-state index in [2.05, 4.69) is 47.2 Å². The van der Waals surface area contributed by atoms with Gasteiger partial charge in [-0.05, 0) is 56.0 Å². The molecule has 2 aliphatic heterocycles. The van der Waals surface area contributed by atoms with Gasteiger partial charge in [0.05, 0.1) is 12.2 Å². The van der Waals surface area contributed by atoms with E-state index in [1.54, 1.807) is 0 Å². The molecule has 0 radical (unpaired) electrons. The van der Waals surface area contributed by atoms with Gasteiger partial charge in [-0.3, -0.25) is 0 Å². The van der Waals surface area contributed by atoms with E-state index in [9.17, 15) is 0 Å². The van der Waals surface area contributed by atoms with Crippen molar-refractivity contribution < 1.29 is 9.47 Å². The van der Waals surface area contributed by atoms with Crippen LogP contribution in [0.1, 0.15) is 37.8 Å². The quantitative estimate of drug-likeness (QED) is 0.878. The fourth-order valence-corrected chi connectivity index (χ4v) is 4.10. The van der Waals surface area contributed by atoms with Gasteiger partial charge in [0.15, 0.2) is 0 Å². The first-order chi connectivity index (χ1) is 10.1. The first-order valence-electron chi connectivity index (χ1n) is 7.94. The van der Waals surface area contributed by atoms with E-state index in [1.807, 2.05) is 0 Å². The van der Waals surface area contributed by atoms with Crippen LogP contribution in [-0.4, -0.2) is 31.4 Å². The van der Waals surface area contributed by atoms with Gasteiger partial charge in [-0.1, -0.05) is 22.9 Å². The Bertz CT molecular complexity index is 512. The van der Waals surface area contributed by atoms with Gasteiger partial charge >= 0.3 is 0 Å². The number of rotatable bonds is 5. The molecule has 2 aliphatic rings. The molecule has 3 rings (SSSR count). The predicted molar refractivity (Wildman–Crippen MR) is 88.1 cm³/mol. The maximum atomic E-state index is 6.06. The number of hydrogen-bond donors (Lipinski definition) is 1. The molecule has 2 unspecified atom stereocenters. The normalized spacial score (nSPS) is 25.7. The lowest BCUT2D eigenvalue weighted by Gasteiger charge is -2.34. The van der Waals surface area contributed by atoms with Crippen LogP contribution in [0.5, 0.6) is 5.75 Å². The van der Waals surface area contributed by atoms with Crippen LogP contribution < -0.4 is 10.1 Å². The minimum atomic E-state index is -0.0657. The minimum Gasteiger partial charge on any atom is -0.493 e. The highest BCUT2D eigenvalue weighted by Crippen LogP contribution is 2.36. The van der Waals surface area contributed by atoms with Crippen molar-refractivity contribution in [2.24, 2.45) is 0 Å². The van der Waals surface area contributed by atoms with Gasteiger partial charge in [-0.2, -0.15) is 0 Å². The van der Waals surface area contributed by atoms with Crippen LogP contribution in [0, 0.1) is 0 Å². The molecule has 1 fully saturated rings. The van der Waals surface area contributed by atoms with Crippen molar-refractivity contribution >= 4 is 15.9 Å². The van der Waals surface area contributed by atoms with Crippen molar-refractivity contribution in [3.8, 4) is 5.75 Å². The summed E-state index contributed by atoms with van der Waals surface area (Å²) in [5, 5.41) is 3.63. The monoisotopic (exact) mass is 353 g/mol. The summed E-state index contributed by atoms with van der Waals surface area (Å²) in [5.41, 5.74) is 2.55. The number of nitrogens with one attached hydrogen (secondary N) is 1. The van der Waals surface area contributed by atoms with E-state index in [4.69, 9.17) is 9.47 Å². The highest BCUT2D eigenvalue weighted by atomic mass is 79.9. The summed E-state index contributed by atoms with van der Waals surface area (Å²) >= 11 is 3.63. The highest BCUT2D eigenvalue weighted by Gasteiger charge is 2.38. The minimum absolute atomic E-state index is 0.0657. The van der Waals surface area contributed by atoms with Gasteiger partial charge in [0.1, 0.15) is 5.75 Å². The van der Waals surface area contributed by atoms with E-state index >= 15 is 0 Å². The lowest BCUT2D eigenvalue weighted by Crippen LogP contribution is -2.49. The van der Waals surface area contributed by atoms with Crippen molar-refractivity contribution in [1.29, 1.82) is 0 Å². The SMILES string of the molecule is CCNC(Cc1cc(Br)cc2c1OCC2)C1(C)CCCO1. The third kappa shape index (κ3) is 3.13. The van der Waals surface area contributed by atoms with Crippen molar-refractivity contribution in [3.05, 3.63) is 27.7 Å². The van der Waals surface area contributed by atoms with E-state index in [-0.39, 0.29) is 5.60 Å². The summed E-state index contributed by atoms with van der Waals surface area (Å²) in [6, 6.07) is 4.71. The second-order valence-corrected chi connectivity index (χ2v) is 7.15. The fourth-order valence-electron chi connectivity index (χ4n) is 3.54. The number of halogens is 1. The van der Waals surface area contributed by atoms with Gasteiger partial charge in [0.2, 0.25) is 0 Å². The molecule has 21 heavy (non-hydrogen) atoms. The molecule has 1 aromatic carbocycles. The first-order valence-corrected chi connectivity index (χ1v) is 8.73. The molecule has 1 aromatic rings. The Morgan fingerprint density at radius 3 is 2.95 bits per heavy atom. The van der Waals surface area contributed by atoms with Crippen molar-refractivity contribution in [2.75, 3.05) is 19.8 Å². The zero-order valence-electron chi connectivity index (χ0n) is 12.9. The second kappa shape index (κ2) is 6.27. The molecule has 2 heterocycles. The molecule has 1 N–H and O–H groups in total. The fraction of sp³-hybridized carbons (Fsp3) is 0.647. The summed E-state index contributed by atoms with van der Waals surface area (Å²) in [4.78, 5) is 0. The average molecular weight is 354 g/mol. The van der Waals surface area contributed by atoms with Gasteiger partial charge < -0.3 is 14.8 Å². The Hall–Kier alpha value is -0.580. The van der Waals surface area contributed by atoms with Crippen LogP contribution in [0.25, 0.3) is 0 Å². The molecule has 3 nitrogen and oxygen atoms in total. The third-order valence-electron chi connectivity index (χ3n) is 4.69. The van der Waals surface area contributed by atoms with Gasteiger partial charge in [0, 0.05) is 23.5 Å². The van der Waals surface area contributed by atoms with Crippen LogP contribution in [-0.2, 0) is 17.6 Å². The number of benzene rings is 1. The largest absolute Gasteiger partial charge is 0.493 e. The molecule has 0 aromatic heterocycles. The first kappa shape index (κ1) is 15.3. The standard InChI is InChI=1S/C17H24BrNO2/c1-3-19-15(17(2)6-4-7-21-17)11-13-10-14(18)9-12-5-8-20-16(12)13/h9-10,15,19H,3-8,11H2,1-2H3.